The number of amides is 1. The Balaban J connectivity index is 1.47. The molecular weight excluding hydrogens is 450 g/mol. The molecule has 7 nitrogen and oxygen atoms in total. The third-order valence-electron chi connectivity index (χ3n) is 7.07. The van der Waals surface area contributed by atoms with E-state index in [1.165, 1.54) is 12.1 Å². The number of rotatable bonds is 4. The molecule has 0 saturated carbocycles. The number of anilines is 1. The third kappa shape index (κ3) is 4.33. The Morgan fingerprint density at radius 1 is 1.17 bits per heavy atom. The molecule has 0 spiro atoms. The van der Waals surface area contributed by atoms with E-state index >= 15 is 0 Å². The first kappa shape index (κ1) is 23.2. The Morgan fingerprint density at radius 2 is 2.00 bits per heavy atom. The highest BCUT2D eigenvalue weighted by Gasteiger charge is 2.33. The lowest BCUT2D eigenvalue weighted by Gasteiger charge is -2.35. The van der Waals surface area contributed by atoms with Crippen LogP contribution in [-0.2, 0) is 0 Å². The van der Waals surface area contributed by atoms with Gasteiger partial charge < -0.3 is 9.80 Å². The first-order valence-electron chi connectivity index (χ1n) is 12.1. The van der Waals surface area contributed by atoms with Gasteiger partial charge in [-0.2, -0.15) is 10.4 Å². The number of fused-ring (bicyclic) bond motifs is 1. The van der Waals surface area contributed by atoms with Crippen molar-refractivity contribution in [2.24, 2.45) is 5.92 Å². The molecule has 9 heteroatoms. The topological polar surface area (TPSA) is 77.5 Å². The fourth-order valence-corrected chi connectivity index (χ4v) is 5.25. The molecule has 3 aromatic rings. The van der Waals surface area contributed by atoms with Crippen molar-refractivity contribution in [1.82, 2.24) is 19.5 Å². The molecule has 0 N–H and O–H groups in total. The van der Waals surface area contributed by atoms with E-state index in [1.54, 1.807) is 22.4 Å². The summed E-state index contributed by atoms with van der Waals surface area (Å²) in [6.45, 7) is 5.66. The van der Waals surface area contributed by atoms with Crippen LogP contribution in [0.1, 0.15) is 70.9 Å². The molecule has 2 saturated heterocycles. The number of carbonyl (C=O) groups is 1. The summed E-state index contributed by atoms with van der Waals surface area (Å²) in [5.41, 5.74) is 2.87. The average Bonchev–Trinajstić information content (AvgIpc) is 3.49. The molecular formula is C26H28F2N6O. The maximum atomic E-state index is 13.7. The van der Waals surface area contributed by atoms with Crippen molar-refractivity contribution in [3.8, 4) is 6.07 Å². The van der Waals surface area contributed by atoms with Gasteiger partial charge in [0.2, 0.25) is 0 Å². The summed E-state index contributed by atoms with van der Waals surface area (Å²) in [5.74, 6) is 0.473. The molecule has 0 radical (unpaired) electrons. The number of aromatic nitrogens is 3. The predicted molar refractivity (Wildman–Crippen MR) is 127 cm³/mol. The van der Waals surface area contributed by atoms with Gasteiger partial charge in [-0.05, 0) is 51.7 Å². The van der Waals surface area contributed by atoms with Crippen molar-refractivity contribution in [3.05, 3.63) is 58.4 Å². The van der Waals surface area contributed by atoms with Crippen molar-refractivity contribution in [1.29, 1.82) is 5.26 Å². The Labute approximate surface area is 203 Å². The minimum Gasteiger partial charge on any atom is -0.355 e. The van der Waals surface area contributed by atoms with Crippen molar-refractivity contribution in [2.45, 2.75) is 52.0 Å². The quantitative estimate of drug-likeness (QED) is 0.527. The van der Waals surface area contributed by atoms with Crippen LogP contribution in [0.15, 0.2) is 30.5 Å². The minimum atomic E-state index is -2.72. The van der Waals surface area contributed by atoms with Crippen LogP contribution in [0, 0.1) is 31.1 Å². The normalized spacial score (nSPS) is 20.6. The number of likely N-dealkylation sites (tertiary alicyclic amines) is 1. The van der Waals surface area contributed by atoms with Crippen molar-refractivity contribution >= 4 is 17.4 Å². The van der Waals surface area contributed by atoms with E-state index in [1.807, 2.05) is 19.2 Å². The molecule has 0 bridgehead atoms. The highest BCUT2D eigenvalue weighted by atomic mass is 19.3. The summed E-state index contributed by atoms with van der Waals surface area (Å²) in [6, 6.07) is 8.53. The van der Waals surface area contributed by atoms with E-state index in [2.05, 4.69) is 11.0 Å². The SMILES string of the molecule is Cc1ccc(C(=O)N2CCCC[C@H]2c2cc3nc(N4CC[C@H](C#N)C4)c(C)cn3n2)c(C(F)F)c1. The number of piperidine rings is 1. The number of hydrogen-bond acceptors (Lipinski definition) is 5. The first-order chi connectivity index (χ1) is 16.9. The molecule has 5 rings (SSSR count). The number of carbonyl (C=O) groups excluding carboxylic acids is 1. The molecule has 2 fully saturated rings. The second kappa shape index (κ2) is 9.25. The van der Waals surface area contributed by atoms with Crippen LogP contribution in [0.4, 0.5) is 14.6 Å². The molecule has 2 atom stereocenters. The van der Waals surface area contributed by atoms with E-state index in [0.717, 1.165) is 37.2 Å². The lowest BCUT2D eigenvalue weighted by Crippen LogP contribution is -2.39. The van der Waals surface area contributed by atoms with E-state index < -0.39 is 6.43 Å². The molecule has 35 heavy (non-hydrogen) atoms. The van der Waals surface area contributed by atoms with E-state index in [-0.39, 0.29) is 29.0 Å². The van der Waals surface area contributed by atoms with Crippen molar-refractivity contribution in [2.75, 3.05) is 24.5 Å². The van der Waals surface area contributed by atoms with Crippen LogP contribution in [0.5, 0.6) is 0 Å². The van der Waals surface area contributed by atoms with Gasteiger partial charge in [0.15, 0.2) is 5.65 Å². The molecule has 1 aromatic carbocycles. The van der Waals surface area contributed by atoms with Gasteiger partial charge in [-0.15, -0.1) is 0 Å². The second-order valence-electron chi connectivity index (χ2n) is 9.58. The number of halogens is 2. The lowest BCUT2D eigenvalue weighted by atomic mass is 9.96. The zero-order chi connectivity index (χ0) is 24.7. The van der Waals surface area contributed by atoms with E-state index in [4.69, 9.17) is 10.1 Å². The maximum Gasteiger partial charge on any atom is 0.264 e. The highest BCUT2D eigenvalue weighted by molar-refractivity contribution is 5.96. The summed E-state index contributed by atoms with van der Waals surface area (Å²) in [5, 5.41) is 14.0. The van der Waals surface area contributed by atoms with Crippen LogP contribution >= 0.6 is 0 Å². The minimum absolute atomic E-state index is 0.00890. The fourth-order valence-electron chi connectivity index (χ4n) is 5.25. The molecule has 2 aromatic heterocycles. The molecule has 0 unspecified atom stereocenters. The smallest absolute Gasteiger partial charge is 0.264 e. The van der Waals surface area contributed by atoms with Gasteiger partial charge in [-0.1, -0.05) is 11.6 Å². The summed E-state index contributed by atoms with van der Waals surface area (Å²) in [6.07, 6.45) is 2.49. The summed E-state index contributed by atoms with van der Waals surface area (Å²) < 4.78 is 29.2. The third-order valence-corrected chi connectivity index (χ3v) is 7.07. The van der Waals surface area contributed by atoms with Gasteiger partial charge >= 0.3 is 0 Å². The van der Waals surface area contributed by atoms with Crippen molar-refractivity contribution in [3.63, 3.8) is 0 Å². The number of benzene rings is 1. The first-order valence-corrected chi connectivity index (χ1v) is 12.1. The fraction of sp³-hybridized carbons (Fsp3) is 0.462. The van der Waals surface area contributed by atoms with Crippen molar-refractivity contribution < 1.29 is 13.6 Å². The van der Waals surface area contributed by atoms with Crippen LogP contribution in [0.25, 0.3) is 5.65 Å². The summed E-state index contributed by atoms with van der Waals surface area (Å²) in [4.78, 5) is 22.1. The maximum absolute atomic E-state index is 13.7. The van der Waals surface area contributed by atoms with Crippen LogP contribution < -0.4 is 4.90 Å². The zero-order valence-electron chi connectivity index (χ0n) is 19.9. The van der Waals surface area contributed by atoms with Crippen LogP contribution in [-0.4, -0.2) is 45.0 Å². The zero-order valence-corrected chi connectivity index (χ0v) is 19.9. The molecule has 182 valence electrons. The highest BCUT2D eigenvalue weighted by Crippen LogP contribution is 2.34. The van der Waals surface area contributed by atoms with E-state index in [9.17, 15) is 18.8 Å². The number of aryl methyl sites for hydroxylation is 2. The summed E-state index contributed by atoms with van der Waals surface area (Å²) in [7, 11) is 0. The number of alkyl halides is 2. The molecule has 4 heterocycles. The monoisotopic (exact) mass is 478 g/mol. The molecule has 2 aliphatic heterocycles. The molecule has 1 amide bonds. The largest absolute Gasteiger partial charge is 0.355 e. The average molecular weight is 479 g/mol. The lowest BCUT2D eigenvalue weighted by molar-refractivity contribution is 0.0595. The van der Waals surface area contributed by atoms with Crippen LogP contribution in [0.3, 0.4) is 0 Å². The van der Waals surface area contributed by atoms with Gasteiger partial charge in [0.25, 0.3) is 12.3 Å². The number of nitriles is 1. The Kier molecular flexibility index (Phi) is 6.13. The van der Waals surface area contributed by atoms with Gasteiger partial charge in [0, 0.05) is 48.6 Å². The number of hydrogen-bond donors (Lipinski definition) is 0. The predicted octanol–water partition coefficient (Wildman–Crippen LogP) is 5.00. The number of nitrogens with zero attached hydrogens (tertiary/aromatic N) is 6. The van der Waals surface area contributed by atoms with E-state index in [0.29, 0.717) is 36.4 Å². The summed E-state index contributed by atoms with van der Waals surface area (Å²) >= 11 is 0. The molecule has 2 aliphatic rings. The van der Waals surface area contributed by atoms with Gasteiger partial charge in [-0.25, -0.2) is 18.3 Å². The van der Waals surface area contributed by atoms with Gasteiger partial charge in [0.05, 0.1) is 23.7 Å². The Hall–Kier alpha value is -3.54. The Bertz CT molecular complexity index is 1310. The van der Waals surface area contributed by atoms with Gasteiger partial charge in [-0.3, -0.25) is 4.79 Å². The standard InChI is InChI=1S/C26H28F2N6O/c1-16-6-7-19(20(11-16)24(27)28)26(35)33-9-4-3-5-22(33)21-12-23-30-25(17(2)14-34(23)31-21)32-10-8-18(13-29)15-32/h6-7,11-12,14,18,22,24H,3-5,8-10,15H2,1-2H3/t18-,22+/m1/s1. The second-order valence-corrected chi connectivity index (χ2v) is 9.58. The molecule has 0 aliphatic carbocycles. The van der Waals surface area contributed by atoms with Gasteiger partial charge in [0.1, 0.15) is 5.82 Å². The van der Waals surface area contributed by atoms with Crippen LogP contribution in [0.2, 0.25) is 0 Å². The Morgan fingerprint density at radius 3 is 2.74 bits per heavy atom.